The van der Waals surface area contributed by atoms with Crippen LogP contribution in [0, 0.1) is 0 Å². The highest BCUT2D eigenvalue weighted by atomic mass is 32.1. The van der Waals surface area contributed by atoms with Crippen LogP contribution in [-0.2, 0) is 6.42 Å². The zero-order valence-electron chi connectivity index (χ0n) is 16.8. The van der Waals surface area contributed by atoms with Gasteiger partial charge in [-0.1, -0.05) is 6.42 Å². The van der Waals surface area contributed by atoms with Gasteiger partial charge in [-0.3, -0.25) is 4.99 Å². The Morgan fingerprint density at radius 1 is 1.22 bits per heavy atom. The molecule has 150 valence electrons. The van der Waals surface area contributed by atoms with Crippen LogP contribution in [0.25, 0.3) is 0 Å². The average Bonchev–Trinajstić information content (AvgIpc) is 3.33. The number of nitrogens with one attached hydrogen (secondary N) is 2. The Bertz CT molecular complexity index is 624. The van der Waals surface area contributed by atoms with Crippen molar-refractivity contribution in [3.63, 3.8) is 0 Å². The fourth-order valence-corrected chi connectivity index (χ4v) is 5.81. The summed E-state index contributed by atoms with van der Waals surface area (Å²) in [4.78, 5) is 14.3. The Morgan fingerprint density at radius 3 is 2.67 bits per heavy atom. The van der Waals surface area contributed by atoms with Crippen LogP contribution in [0.15, 0.2) is 10.4 Å². The second kappa shape index (κ2) is 8.78. The third-order valence-electron chi connectivity index (χ3n) is 6.49. The lowest BCUT2D eigenvalue weighted by atomic mass is 9.82. The normalized spacial score (nSPS) is 29.2. The minimum atomic E-state index is 0.545. The highest BCUT2D eigenvalue weighted by molar-refractivity contribution is 7.13. The molecule has 6 nitrogen and oxygen atoms in total. The summed E-state index contributed by atoms with van der Waals surface area (Å²) in [7, 11) is 4.18. The molecule has 2 N–H and O–H groups in total. The van der Waals surface area contributed by atoms with Crippen molar-refractivity contribution in [3.05, 3.63) is 11.1 Å². The van der Waals surface area contributed by atoms with Crippen LogP contribution in [0.1, 0.15) is 50.6 Å². The molecule has 3 saturated heterocycles. The number of anilines is 1. The molecular weight excluding hydrogens is 356 g/mol. The Kier molecular flexibility index (Phi) is 6.18. The van der Waals surface area contributed by atoms with Crippen molar-refractivity contribution < 1.29 is 0 Å². The van der Waals surface area contributed by atoms with Crippen molar-refractivity contribution in [1.82, 2.24) is 20.5 Å². The van der Waals surface area contributed by atoms with Crippen LogP contribution in [-0.4, -0.2) is 67.7 Å². The molecule has 0 radical (unpaired) electrons. The second-order valence-electron chi connectivity index (χ2n) is 8.28. The quantitative estimate of drug-likeness (QED) is 0.598. The summed E-state index contributed by atoms with van der Waals surface area (Å²) in [5.41, 5.74) is 1.19. The molecule has 27 heavy (non-hydrogen) atoms. The molecule has 3 fully saturated rings. The van der Waals surface area contributed by atoms with E-state index in [-0.39, 0.29) is 0 Å². The molecule has 3 aliphatic rings. The molecule has 1 aromatic heterocycles. The molecule has 3 aliphatic heterocycles. The van der Waals surface area contributed by atoms with Crippen molar-refractivity contribution in [2.24, 2.45) is 4.99 Å². The molecule has 7 heteroatoms. The fourth-order valence-electron chi connectivity index (χ4n) is 4.90. The predicted molar refractivity (Wildman–Crippen MR) is 114 cm³/mol. The smallest absolute Gasteiger partial charge is 0.191 e. The van der Waals surface area contributed by atoms with Gasteiger partial charge in [0, 0.05) is 56.6 Å². The van der Waals surface area contributed by atoms with Crippen molar-refractivity contribution in [2.45, 2.75) is 69.5 Å². The van der Waals surface area contributed by atoms with Crippen LogP contribution in [0.3, 0.4) is 0 Å². The maximum Gasteiger partial charge on any atom is 0.191 e. The van der Waals surface area contributed by atoms with E-state index in [4.69, 9.17) is 4.98 Å². The lowest BCUT2D eigenvalue weighted by Gasteiger charge is -2.47. The molecule has 0 aromatic carbocycles. The van der Waals surface area contributed by atoms with Gasteiger partial charge in [-0.05, 0) is 45.6 Å². The van der Waals surface area contributed by atoms with E-state index in [2.05, 4.69) is 37.9 Å². The summed E-state index contributed by atoms with van der Waals surface area (Å²) >= 11 is 1.79. The first-order valence-corrected chi connectivity index (χ1v) is 11.5. The first-order valence-electron chi connectivity index (χ1n) is 10.6. The third-order valence-corrected chi connectivity index (χ3v) is 7.44. The molecule has 4 heterocycles. The Hall–Kier alpha value is -1.34. The number of aromatic nitrogens is 1. The zero-order chi connectivity index (χ0) is 18.6. The number of fused-ring (bicyclic) bond motifs is 2. The van der Waals surface area contributed by atoms with Gasteiger partial charge in [0.2, 0.25) is 0 Å². The van der Waals surface area contributed by atoms with Crippen LogP contribution >= 0.6 is 11.3 Å². The van der Waals surface area contributed by atoms with Crippen molar-refractivity contribution >= 4 is 22.4 Å². The zero-order valence-corrected chi connectivity index (χ0v) is 17.6. The van der Waals surface area contributed by atoms with E-state index in [1.165, 1.54) is 68.9 Å². The Balaban J connectivity index is 1.23. The summed E-state index contributed by atoms with van der Waals surface area (Å²) in [6.07, 6.45) is 10.1. The summed E-state index contributed by atoms with van der Waals surface area (Å²) in [6, 6.07) is 2.03. The van der Waals surface area contributed by atoms with Gasteiger partial charge >= 0.3 is 0 Å². The number of piperidine rings is 2. The number of thiazole rings is 1. The molecule has 0 saturated carbocycles. The summed E-state index contributed by atoms with van der Waals surface area (Å²) in [6.45, 7) is 3.21. The monoisotopic (exact) mass is 390 g/mol. The van der Waals surface area contributed by atoms with Crippen LogP contribution in [0.5, 0.6) is 0 Å². The number of guanidine groups is 1. The first kappa shape index (κ1) is 19.0. The maximum atomic E-state index is 4.82. The van der Waals surface area contributed by atoms with Crippen LogP contribution in [0.2, 0.25) is 0 Å². The van der Waals surface area contributed by atoms with Gasteiger partial charge in [0.05, 0.1) is 5.69 Å². The van der Waals surface area contributed by atoms with E-state index in [0.29, 0.717) is 6.04 Å². The molecule has 4 rings (SSSR count). The van der Waals surface area contributed by atoms with Crippen molar-refractivity contribution in [2.75, 3.05) is 38.6 Å². The van der Waals surface area contributed by atoms with Crippen LogP contribution in [0.4, 0.5) is 5.13 Å². The van der Waals surface area contributed by atoms with E-state index in [1.807, 2.05) is 7.05 Å². The standard InChI is InChI=1S/C20H34N6S/c1-21-19(23-16-12-17-6-5-7-18(13-16)25(17)2)22-9-8-15-14-27-20(24-15)26-10-3-4-11-26/h14,16-18H,3-13H2,1-2H3,(H2,21,22,23). The summed E-state index contributed by atoms with van der Waals surface area (Å²) in [5, 5.41) is 10.6. The summed E-state index contributed by atoms with van der Waals surface area (Å²) < 4.78 is 0. The number of hydrogen-bond acceptors (Lipinski definition) is 5. The van der Waals surface area contributed by atoms with Gasteiger partial charge in [-0.15, -0.1) is 11.3 Å². The molecule has 1 aromatic rings. The van der Waals surface area contributed by atoms with E-state index >= 15 is 0 Å². The molecule has 0 aliphatic carbocycles. The molecule has 2 bridgehead atoms. The largest absolute Gasteiger partial charge is 0.356 e. The molecule has 2 atom stereocenters. The van der Waals surface area contributed by atoms with E-state index in [9.17, 15) is 0 Å². The second-order valence-corrected chi connectivity index (χ2v) is 9.12. The number of hydrogen-bond donors (Lipinski definition) is 2. The number of aliphatic imine (C=N–C) groups is 1. The highest BCUT2D eigenvalue weighted by Gasteiger charge is 2.36. The Morgan fingerprint density at radius 2 is 1.96 bits per heavy atom. The molecule has 0 amide bonds. The molecular formula is C20H34N6S. The fraction of sp³-hybridized carbons (Fsp3) is 0.800. The van der Waals surface area contributed by atoms with E-state index in [1.54, 1.807) is 11.3 Å². The van der Waals surface area contributed by atoms with E-state index < -0.39 is 0 Å². The van der Waals surface area contributed by atoms with Gasteiger partial charge in [-0.25, -0.2) is 4.98 Å². The van der Waals surface area contributed by atoms with Gasteiger partial charge in [0.15, 0.2) is 11.1 Å². The molecule has 0 spiro atoms. The average molecular weight is 391 g/mol. The van der Waals surface area contributed by atoms with Gasteiger partial charge in [0.25, 0.3) is 0 Å². The predicted octanol–water partition coefficient (Wildman–Crippen LogP) is 2.47. The minimum Gasteiger partial charge on any atom is -0.356 e. The van der Waals surface area contributed by atoms with Crippen molar-refractivity contribution in [1.29, 1.82) is 0 Å². The summed E-state index contributed by atoms with van der Waals surface area (Å²) in [5.74, 6) is 0.942. The van der Waals surface area contributed by atoms with Gasteiger partial charge in [-0.2, -0.15) is 0 Å². The van der Waals surface area contributed by atoms with Crippen molar-refractivity contribution in [3.8, 4) is 0 Å². The van der Waals surface area contributed by atoms with Crippen LogP contribution < -0.4 is 15.5 Å². The topological polar surface area (TPSA) is 55.8 Å². The Labute approximate surface area is 167 Å². The maximum absolute atomic E-state index is 4.82. The molecule has 2 unspecified atom stereocenters. The lowest BCUT2D eigenvalue weighted by Crippen LogP contribution is -2.56. The lowest BCUT2D eigenvalue weighted by molar-refractivity contribution is 0.0526. The number of nitrogens with zero attached hydrogens (tertiary/aromatic N) is 4. The highest BCUT2D eigenvalue weighted by Crippen LogP contribution is 2.32. The van der Waals surface area contributed by atoms with Gasteiger partial charge in [0.1, 0.15) is 0 Å². The number of rotatable bonds is 5. The van der Waals surface area contributed by atoms with E-state index in [0.717, 1.165) is 31.0 Å². The minimum absolute atomic E-state index is 0.545. The first-order chi connectivity index (χ1) is 13.2. The van der Waals surface area contributed by atoms with Gasteiger partial charge < -0.3 is 20.4 Å². The SMILES string of the molecule is CN=C(NCCc1csc(N2CCCC2)n1)NC1CC2CCCC(C1)N2C. The third kappa shape index (κ3) is 4.57.